The summed E-state index contributed by atoms with van der Waals surface area (Å²) in [4.78, 5) is 12.1. The molecule has 0 saturated carbocycles. The van der Waals surface area contributed by atoms with Crippen molar-refractivity contribution in [2.24, 2.45) is 0 Å². The second kappa shape index (κ2) is 13.1. The Morgan fingerprint density at radius 3 is 2.35 bits per heavy atom. The monoisotopic (exact) mass is 446 g/mol. The maximum atomic E-state index is 12.2. The molecule has 0 unspecified atom stereocenters. The van der Waals surface area contributed by atoms with E-state index >= 15 is 0 Å². The summed E-state index contributed by atoms with van der Waals surface area (Å²) < 4.78 is 31.4. The number of amides is 1. The molecule has 6 nitrogen and oxygen atoms in total. The third-order valence-corrected chi connectivity index (χ3v) is 6.08. The van der Waals surface area contributed by atoms with Crippen LogP contribution in [0.4, 0.5) is 5.69 Å². The molecule has 170 valence electrons. The first-order chi connectivity index (χ1) is 14.9. The quantitative estimate of drug-likeness (QED) is 0.447. The molecule has 0 aliphatic heterocycles. The number of nitrogens with one attached hydrogen (secondary N) is 1. The predicted molar refractivity (Wildman–Crippen MR) is 126 cm³/mol. The molecule has 1 N–H and O–H groups in total. The first-order valence-corrected chi connectivity index (χ1v) is 12.7. The van der Waals surface area contributed by atoms with Crippen molar-refractivity contribution in [1.29, 1.82) is 0 Å². The molecule has 2 rings (SSSR count). The lowest BCUT2D eigenvalue weighted by molar-refractivity contribution is -0.121. The highest BCUT2D eigenvalue weighted by Gasteiger charge is 2.17. The number of sulfonamides is 1. The van der Waals surface area contributed by atoms with E-state index in [9.17, 15) is 13.2 Å². The Morgan fingerprint density at radius 2 is 1.71 bits per heavy atom. The van der Waals surface area contributed by atoms with Crippen LogP contribution in [0.5, 0.6) is 0 Å². The van der Waals surface area contributed by atoms with Crippen LogP contribution < -0.4 is 9.62 Å². The maximum absolute atomic E-state index is 12.2. The number of ether oxygens (including phenoxy) is 1. The van der Waals surface area contributed by atoms with Gasteiger partial charge in [-0.1, -0.05) is 55.8 Å². The number of unbranched alkanes of at least 4 members (excludes halogenated alkanes) is 1. The SMILES string of the molecule is CCCCc1ccc(N(CCCC(=O)NCCOCc2ccccc2)S(C)(=O)=O)cc1. The van der Waals surface area contributed by atoms with Gasteiger partial charge in [-0.05, 0) is 42.5 Å². The fourth-order valence-electron chi connectivity index (χ4n) is 3.19. The van der Waals surface area contributed by atoms with Gasteiger partial charge in [-0.15, -0.1) is 0 Å². The highest BCUT2D eigenvalue weighted by Crippen LogP contribution is 2.20. The molecule has 0 aliphatic carbocycles. The van der Waals surface area contributed by atoms with Gasteiger partial charge in [0, 0.05) is 19.5 Å². The average molecular weight is 447 g/mol. The fourth-order valence-corrected chi connectivity index (χ4v) is 4.16. The van der Waals surface area contributed by atoms with E-state index in [0.29, 0.717) is 31.9 Å². The van der Waals surface area contributed by atoms with Gasteiger partial charge in [-0.2, -0.15) is 0 Å². The van der Waals surface area contributed by atoms with Crippen LogP contribution in [0.3, 0.4) is 0 Å². The van der Waals surface area contributed by atoms with Crippen LogP contribution in [0, 0.1) is 0 Å². The second-order valence-electron chi connectivity index (χ2n) is 7.60. The fraction of sp³-hybridized carbons (Fsp3) is 0.458. The van der Waals surface area contributed by atoms with E-state index in [-0.39, 0.29) is 18.9 Å². The van der Waals surface area contributed by atoms with Crippen LogP contribution in [0.25, 0.3) is 0 Å². The van der Waals surface area contributed by atoms with Crippen LogP contribution in [0.15, 0.2) is 54.6 Å². The number of carbonyl (C=O) groups is 1. The number of nitrogens with zero attached hydrogens (tertiary/aromatic N) is 1. The Kier molecular flexibility index (Phi) is 10.5. The molecule has 0 aromatic heterocycles. The zero-order valence-corrected chi connectivity index (χ0v) is 19.4. The maximum Gasteiger partial charge on any atom is 0.232 e. The van der Waals surface area contributed by atoms with Crippen molar-refractivity contribution in [3.05, 3.63) is 65.7 Å². The highest BCUT2D eigenvalue weighted by molar-refractivity contribution is 7.92. The van der Waals surface area contributed by atoms with Crippen molar-refractivity contribution in [2.45, 2.75) is 45.6 Å². The molecule has 1 amide bonds. The van der Waals surface area contributed by atoms with Crippen molar-refractivity contribution in [2.75, 3.05) is 30.3 Å². The number of rotatable bonds is 14. The number of hydrogen-bond acceptors (Lipinski definition) is 4. The van der Waals surface area contributed by atoms with E-state index in [2.05, 4.69) is 12.2 Å². The van der Waals surface area contributed by atoms with Crippen molar-refractivity contribution in [3.63, 3.8) is 0 Å². The van der Waals surface area contributed by atoms with Gasteiger partial charge in [0.05, 0.1) is 25.2 Å². The third kappa shape index (κ3) is 9.53. The van der Waals surface area contributed by atoms with E-state index in [0.717, 1.165) is 24.8 Å². The number of anilines is 1. The summed E-state index contributed by atoms with van der Waals surface area (Å²) in [6.07, 6.45) is 5.13. The van der Waals surface area contributed by atoms with Crippen LogP contribution in [0.1, 0.15) is 43.7 Å². The van der Waals surface area contributed by atoms with Crippen LogP contribution in [0.2, 0.25) is 0 Å². The van der Waals surface area contributed by atoms with E-state index < -0.39 is 10.0 Å². The number of benzene rings is 2. The van der Waals surface area contributed by atoms with Crippen molar-refractivity contribution < 1.29 is 17.9 Å². The first kappa shape index (κ1) is 24.9. The van der Waals surface area contributed by atoms with Crippen molar-refractivity contribution in [3.8, 4) is 0 Å². The number of hydrogen-bond donors (Lipinski definition) is 1. The van der Waals surface area contributed by atoms with Crippen LogP contribution in [-0.4, -0.2) is 40.3 Å². The molecule has 0 fully saturated rings. The van der Waals surface area contributed by atoms with E-state index in [1.54, 1.807) is 0 Å². The molecule has 7 heteroatoms. The van der Waals surface area contributed by atoms with Gasteiger partial charge in [0.1, 0.15) is 0 Å². The van der Waals surface area contributed by atoms with Crippen LogP contribution >= 0.6 is 0 Å². The van der Waals surface area contributed by atoms with Gasteiger partial charge >= 0.3 is 0 Å². The highest BCUT2D eigenvalue weighted by atomic mass is 32.2. The summed E-state index contributed by atoms with van der Waals surface area (Å²) in [5, 5.41) is 2.82. The minimum absolute atomic E-state index is 0.105. The predicted octanol–water partition coefficient (Wildman–Crippen LogP) is 3.91. The topological polar surface area (TPSA) is 75.7 Å². The summed E-state index contributed by atoms with van der Waals surface area (Å²) in [6.45, 7) is 3.79. The summed E-state index contributed by atoms with van der Waals surface area (Å²) in [5.74, 6) is -0.105. The zero-order chi connectivity index (χ0) is 22.5. The largest absolute Gasteiger partial charge is 0.375 e. The Hall–Kier alpha value is -2.38. The summed E-state index contributed by atoms with van der Waals surface area (Å²) in [7, 11) is -3.41. The molecule has 2 aromatic rings. The molecule has 0 aliphatic rings. The smallest absolute Gasteiger partial charge is 0.232 e. The zero-order valence-electron chi connectivity index (χ0n) is 18.5. The van der Waals surface area contributed by atoms with Crippen molar-refractivity contribution >= 4 is 21.6 Å². The Labute approximate surface area is 186 Å². The third-order valence-electron chi connectivity index (χ3n) is 4.89. The summed E-state index contributed by atoms with van der Waals surface area (Å²) in [6, 6.07) is 17.5. The molecule has 31 heavy (non-hydrogen) atoms. The molecule has 0 atom stereocenters. The van der Waals surface area contributed by atoms with E-state index in [1.807, 2.05) is 54.6 Å². The molecular formula is C24H34N2O4S. The van der Waals surface area contributed by atoms with Gasteiger partial charge in [0.15, 0.2) is 0 Å². The minimum atomic E-state index is -3.41. The average Bonchev–Trinajstić information content (AvgIpc) is 2.75. The first-order valence-electron chi connectivity index (χ1n) is 10.8. The van der Waals surface area contributed by atoms with Crippen LogP contribution in [-0.2, 0) is 32.6 Å². The van der Waals surface area contributed by atoms with Gasteiger partial charge in [0.2, 0.25) is 15.9 Å². The van der Waals surface area contributed by atoms with Crippen molar-refractivity contribution in [1.82, 2.24) is 5.32 Å². The Bertz CT molecular complexity index is 884. The second-order valence-corrected chi connectivity index (χ2v) is 9.50. The lowest BCUT2D eigenvalue weighted by Gasteiger charge is -2.22. The van der Waals surface area contributed by atoms with Gasteiger partial charge in [-0.25, -0.2) is 8.42 Å². The molecule has 0 bridgehead atoms. The van der Waals surface area contributed by atoms with E-state index in [1.165, 1.54) is 16.1 Å². The van der Waals surface area contributed by atoms with Gasteiger partial charge in [0.25, 0.3) is 0 Å². The Balaban J connectivity index is 1.72. The number of aryl methyl sites for hydroxylation is 1. The molecule has 0 radical (unpaired) electrons. The summed E-state index contributed by atoms with van der Waals surface area (Å²) in [5.41, 5.74) is 2.93. The number of carbonyl (C=O) groups excluding carboxylic acids is 1. The summed E-state index contributed by atoms with van der Waals surface area (Å²) >= 11 is 0. The molecular weight excluding hydrogens is 412 g/mol. The lowest BCUT2D eigenvalue weighted by Crippen LogP contribution is -2.32. The Morgan fingerprint density at radius 1 is 1.00 bits per heavy atom. The normalized spacial score (nSPS) is 11.3. The van der Waals surface area contributed by atoms with Gasteiger partial charge < -0.3 is 10.1 Å². The molecule has 2 aromatic carbocycles. The minimum Gasteiger partial charge on any atom is -0.375 e. The van der Waals surface area contributed by atoms with E-state index in [4.69, 9.17) is 4.74 Å². The molecule has 0 spiro atoms. The van der Waals surface area contributed by atoms with Gasteiger partial charge in [-0.3, -0.25) is 9.10 Å². The lowest BCUT2D eigenvalue weighted by atomic mass is 10.1. The molecule has 0 saturated heterocycles. The standard InChI is InChI=1S/C24H34N2O4S/c1-3-4-9-21-13-15-23(16-14-21)26(31(2,28)29)18-8-12-24(27)25-17-19-30-20-22-10-6-5-7-11-22/h5-7,10-11,13-16H,3-4,8-9,12,17-20H2,1-2H3,(H,25,27). The molecule has 0 heterocycles.